The summed E-state index contributed by atoms with van der Waals surface area (Å²) in [6, 6.07) is 2.47. The fourth-order valence-electron chi connectivity index (χ4n) is 4.21. The number of rotatable bonds is 7. The minimum atomic E-state index is -4.45. The van der Waals surface area contributed by atoms with Crippen LogP contribution in [0.4, 0.5) is 23.2 Å². The molecule has 0 aliphatic carbocycles. The summed E-state index contributed by atoms with van der Waals surface area (Å²) in [5.41, 5.74) is 0.156. The highest BCUT2D eigenvalue weighted by atomic mass is 32.2. The van der Waals surface area contributed by atoms with E-state index in [1.165, 1.54) is 13.0 Å². The first-order valence-electron chi connectivity index (χ1n) is 10.6. The third-order valence-electron chi connectivity index (χ3n) is 6.13. The zero-order valence-electron chi connectivity index (χ0n) is 18.1. The van der Waals surface area contributed by atoms with Crippen molar-refractivity contribution in [2.24, 2.45) is 0 Å². The number of benzene rings is 1. The first kappa shape index (κ1) is 24.1. The Morgan fingerprint density at radius 1 is 1.26 bits per heavy atom. The molecule has 5 nitrogen and oxygen atoms in total. The van der Waals surface area contributed by atoms with Gasteiger partial charge >= 0.3 is 6.18 Å². The lowest BCUT2D eigenvalue weighted by Crippen LogP contribution is -2.58. The molecule has 0 aromatic heterocycles. The molecular weight excluding hydrogens is 436 g/mol. The van der Waals surface area contributed by atoms with Crippen molar-refractivity contribution in [3.8, 4) is 5.75 Å². The van der Waals surface area contributed by atoms with Crippen LogP contribution in [0.25, 0.3) is 0 Å². The van der Waals surface area contributed by atoms with Crippen LogP contribution >= 0.6 is 0 Å². The number of nitrogens with zero attached hydrogens (tertiary/aromatic N) is 1. The van der Waals surface area contributed by atoms with Crippen LogP contribution in [0.15, 0.2) is 12.1 Å². The second-order valence-electron chi connectivity index (χ2n) is 8.83. The van der Waals surface area contributed by atoms with Crippen LogP contribution in [0.1, 0.15) is 52.0 Å². The predicted molar refractivity (Wildman–Crippen MR) is 112 cm³/mol. The molecule has 176 valence electrons. The molecule has 0 bridgehead atoms. The molecule has 0 spiro atoms. The average molecular weight is 467 g/mol. The minimum Gasteiger partial charge on any atom is -0.486 e. The summed E-state index contributed by atoms with van der Waals surface area (Å²) in [5, 5.41) is 1.54. The highest BCUT2D eigenvalue weighted by Gasteiger charge is 2.41. The van der Waals surface area contributed by atoms with Crippen molar-refractivity contribution in [3.63, 3.8) is 0 Å². The van der Waals surface area contributed by atoms with Crippen LogP contribution in [0.5, 0.6) is 5.75 Å². The van der Waals surface area contributed by atoms with Gasteiger partial charge in [0.2, 0.25) is 0 Å². The molecule has 2 aliphatic rings. The third-order valence-corrected chi connectivity index (χ3v) is 8.17. The smallest absolute Gasteiger partial charge is 0.389 e. The number of nitrogens with one attached hydrogen (secondary N) is 1. The van der Waals surface area contributed by atoms with Crippen LogP contribution in [0, 0.1) is 5.82 Å². The molecule has 2 heterocycles. The Bertz CT molecular complexity index is 897. The highest BCUT2D eigenvalue weighted by Crippen LogP contribution is 2.39. The van der Waals surface area contributed by atoms with Gasteiger partial charge in [0.15, 0.2) is 9.84 Å². The summed E-state index contributed by atoms with van der Waals surface area (Å²) in [4.78, 5) is 1.97. The molecule has 2 unspecified atom stereocenters. The van der Waals surface area contributed by atoms with Crippen LogP contribution in [0.3, 0.4) is 0 Å². The number of hydrogen-bond donors (Lipinski definition) is 1. The van der Waals surface area contributed by atoms with Gasteiger partial charge in [-0.15, -0.1) is 0 Å². The van der Waals surface area contributed by atoms with E-state index >= 15 is 0 Å². The second kappa shape index (κ2) is 8.77. The summed E-state index contributed by atoms with van der Waals surface area (Å²) >= 11 is 0. The van der Waals surface area contributed by atoms with Crippen molar-refractivity contribution in [1.29, 1.82) is 0 Å². The van der Waals surface area contributed by atoms with Crippen LogP contribution < -0.4 is 15.0 Å². The van der Waals surface area contributed by atoms with Crippen LogP contribution in [0.2, 0.25) is 0 Å². The normalized spacial score (nSPS) is 22.2. The second-order valence-corrected chi connectivity index (χ2v) is 11.3. The van der Waals surface area contributed by atoms with E-state index in [9.17, 15) is 26.0 Å². The van der Waals surface area contributed by atoms with Gasteiger partial charge in [0.1, 0.15) is 22.5 Å². The SMILES string of the molecule is CCS(=O)(=O)C(CCC(F)(F)F)NC1Cc2cc(F)c(N3CCCC3)cc2OC1(C)C. The fraction of sp³-hybridized carbons (Fsp3) is 0.714. The summed E-state index contributed by atoms with van der Waals surface area (Å²) in [6.07, 6.45) is -3.99. The van der Waals surface area contributed by atoms with E-state index in [4.69, 9.17) is 4.74 Å². The lowest BCUT2D eigenvalue weighted by molar-refractivity contribution is -0.135. The number of sulfone groups is 1. The monoisotopic (exact) mass is 466 g/mol. The Balaban J connectivity index is 1.84. The van der Waals surface area contributed by atoms with Crippen molar-refractivity contribution in [1.82, 2.24) is 5.32 Å². The Morgan fingerprint density at radius 2 is 1.90 bits per heavy atom. The molecule has 2 atom stereocenters. The molecule has 31 heavy (non-hydrogen) atoms. The maximum Gasteiger partial charge on any atom is 0.389 e. The van der Waals surface area contributed by atoms with Gasteiger partial charge in [0.25, 0.3) is 0 Å². The van der Waals surface area contributed by atoms with Gasteiger partial charge < -0.3 is 9.64 Å². The van der Waals surface area contributed by atoms with E-state index in [0.717, 1.165) is 25.9 Å². The van der Waals surface area contributed by atoms with E-state index in [-0.39, 0.29) is 18.0 Å². The molecule has 10 heteroatoms. The molecule has 0 amide bonds. The summed E-state index contributed by atoms with van der Waals surface area (Å²) < 4.78 is 84.0. The van der Waals surface area contributed by atoms with E-state index in [1.54, 1.807) is 19.9 Å². The Kier molecular flexibility index (Phi) is 6.82. The highest BCUT2D eigenvalue weighted by molar-refractivity contribution is 7.91. The number of ether oxygens (including phenoxy) is 1. The van der Waals surface area contributed by atoms with E-state index < -0.39 is 45.9 Å². The minimum absolute atomic E-state index is 0.251. The van der Waals surface area contributed by atoms with Crippen molar-refractivity contribution < 1.29 is 30.7 Å². The molecule has 1 aromatic rings. The van der Waals surface area contributed by atoms with Gasteiger partial charge in [-0.05, 0) is 51.2 Å². The van der Waals surface area contributed by atoms with E-state index in [2.05, 4.69) is 5.32 Å². The first-order valence-corrected chi connectivity index (χ1v) is 12.3. The fourth-order valence-corrected chi connectivity index (χ4v) is 5.46. The third kappa shape index (κ3) is 5.63. The van der Waals surface area contributed by atoms with Crippen molar-refractivity contribution in [2.75, 3.05) is 23.7 Å². The molecule has 1 saturated heterocycles. The molecule has 1 fully saturated rings. The summed E-state index contributed by atoms with van der Waals surface area (Å²) in [5.74, 6) is -0.130. The van der Waals surface area contributed by atoms with E-state index in [1.807, 2.05) is 4.90 Å². The van der Waals surface area contributed by atoms with Crippen LogP contribution in [-0.4, -0.2) is 50.5 Å². The van der Waals surface area contributed by atoms with Gasteiger partial charge in [0, 0.05) is 31.3 Å². The number of fused-ring (bicyclic) bond motifs is 1. The maximum atomic E-state index is 14.8. The zero-order chi connectivity index (χ0) is 23.0. The van der Waals surface area contributed by atoms with Crippen LogP contribution in [-0.2, 0) is 16.3 Å². The first-order chi connectivity index (χ1) is 14.3. The number of hydrogen-bond acceptors (Lipinski definition) is 5. The lowest BCUT2D eigenvalue weighted by atomic mass is 9.88. The molecule has 1 N–H and O–H groups in total. The molecule has 2 aliphatic heterocycles. The molecular formula is C21H30F4N2O3S. The number of alkyl halides is 3. The summed E-state index contributed by atoms with van der Waals surface area (Å²) in [7, 11) is -3.78. The van der Waals surface area contributed by atoms with Gasteiger partial charge in [-0.3, -0.25) is 5.32 Å². The molecule has 3 rings (SSSR count). The standard InChI is InChI=1S/C21H30F4N2O3S/c1-4-31(28,29)19(7-8-21(23,24)25)26-18-12-14-11-15(22)16(27-9-5-6-10-27)13-17(14)30-20(18,2)3/h11,13,18-19,26H,4-10,12H2,1-3H3. The molecule has 0 radical (unpaired) electrons. The Hall–Kier alpha value is -1.55. The van der Waals surface area contributed by atoms with Crippen molar-refractivity contribution in [2.45, 2.75) is 76.1 Å². The lowest BCUT2D eigenvalue weighted by Gasteiger charge is -2.42. The Labute approximate surface area is 181 Å². The molecule has 0 saturated carbocycles. The van der Waals surface area contributed by atoms with E-state index in [0.29, 0.717) is 17.0 Å². The van der Waals surface area contributed by atoms with Gasteiger partial charge in [-0.2, -0.15) is 13.2 Å². The number of halogens is 4. The van der Waals surface area contributed by atoms with Gasteiger partial charge in [-0.1, -0.05) is 6.92 Å². The quantitative estimate of drug-likeness (QED) is 0.611. The average Bonchev–Trinajstić information content (AvgIpc) is 3.18. The summed E-state index contributed by atoms with van der Waals surface area (Å²) in [6.45, 7) is 6.47. The van der Waals surface area contributed by atoms with Gasteiger partial charge in [0.05, 0.1) is 11.7 Å². The largest absolute Gasteiger partial charge is 0.486 e. The predicted octanol–water partition coefficient (Wildman–Crippen LogP) is 4.20. The van der Waals surface area contributed by atoms with Gasteiger partial charge in [-0.25, -0.2) is 12.8 Å². The zero-order valence-corrected chi connectivity index (χ0v) is 18.9. The number of anilines is 1. The molecule has 1 aromatic carbocycles. The topological polar surface area (TPSA) is 58.6 Å². The van der Waals surface area contributed by atoms with Crippen molar-refractivity contribution >= 4 is 15.5 Å². The maximum absolute atomic E-state index is 14.8. The van der Waals surface area contributed by atoms with Crippen molar-refractivity contribution in [3.05, 3.63) is 23.5 Å². The Morgan fingerprint density at radius 3 is 2.48 bits per heavy atom.